The lowest BCUT2D eigenvalue weighted by Crippen LogP contribution is -2.39. The van der Waals surface area contributed by atoms with E-state index < -0.39 is 11.9 Å². The average Bonchev–Trinajstić information content (AvgIpc) is 3.35. The highest BCUT2D eigenvalue weighted by molar-refractivity contribution is 6.44. The van der Waals surface area contributed by atoms with Gasteiger partial charge in [0.15, 0.2) is 0 Å². The molecule has 1 aliphatic rings. The molecule has 0 radical (unpaired) electrons. The molecule has 3 N–H and O–H groups in total. The van der Waals surface area contributed by atoms with Crippen LogP contribution >= 0.6 is 0 Å². The van der Waals surface area contributed by atoms with Gasteiger partial charge in [0.2, 0.25) is 5.91 Å². The van der Waals surface area contributed by atoms with E-state index in [4.69, 9.17) is 5.73 Å². The van der Waals surface area contributed by atoms with Crippen LogP contribution in [0.15, 0.2) is 72.1 Å². The van der Waals surface area contributed by atoms with Crippen LogP contribution in [0.25, 0.3) is 11.4 Å². The molecule has 1 atom stereocenters. The Balaban J connectivity index is 1.56. The van der Waals surface area contributed by atoms with Crippen LogP contribution in [0.1, 0.15) is 6.42 Å². The Hall–Kier alpha value is -3.94. The molecule has 8 heteroatoms. The molecular weight excluding hydrogens is 368 g/mol. The number of nitrogens with one attached hydrogen (secondary N) is 1. The Morgan fingerprint density at radius 3 is 2.62 bits per heavy atom. The lowest BCUT2D eigenvalue weighted by atomic mass is 10.1. The standard InChI is InChI=1S/C21H20N6O2/c1-26-11-10-23-20(26)14-6-5-7-15(12-14)24-21(29)17-13-18(19(22)28)27(25-17)16-8-3-2-4-9-16/h2-12,18H,13H2,1H3,(H2,22,28)(H,24,29)/t18-/m0/s1. The smallest absolute Gasteiger partial charge is 0.271 e. The van der Waals surface area contributed by atoms with Gasteiger partial charge in [0.05, 0.1) is 5.69 Å². The third-order valence-electron chi connectivity index (χ3n) is 4.72. The van der Waals surface area contributed by atoms with Crippen LogP contribution in [0, 0.1) is 0 Å². The molecule has 4 rings (SSSR count). The maximum atomic E-state index is 12.8. The number of nitrogens with zero attached hydrogens (tertiary/aromatic N) is 4. The number of benzene rings is 2. The number of hydrogen-bond donors (Lipinski definition) is 2. The summed E-state index contributed by atoms with van der Waals surface area (Å²) < 4.78 is 1.90. The van der Waals surface area contributed by atoms with Gasteiger partial charge >= 0.3 is 0 Å². The fraction of sp³-hybridized carbons (Fsp3) is 0.143. The van der Waals surface area contributed by atoms with Gasteiger partial charge in [-0.1, -0.05) is 30.3 Å². The number of aromatic nitrogens is 2. The molecule has 0 saturated heterocycles. The summed E-state index contributed by atoms with van der Waals surface area (Å²) in [5, 5.41) is 8.72. The van der Waals surface area contributed by atoms with E-state index in [1.807, 2.05) is 66.3 Å². The van der Waals surface area contributed by atoms with Crippen molar-refractivity contribution in [2.45, 2.75) is 12.5 Å². The van der Waals surface area contributed by atoms with Crippen LogP contribution in [-0.2, 0) is 16.6 Å². The first-order chi connectivity index (χ1) is 14.0. The van der Waals surface area contributed by atoms with Gasteiger partial charge in [-0.05, 0) is 24.3 Å². The number of aryl methyl sites for hydroxylation is 1. The molecule has 0 aliphatic carbocycles. The fourth-order valence-electron chi connectivity index (χ4n) is 3.27. The zero-order valence-corrected chi connectivity index (χ0v) is 15.8. The largest absolute Gasteiger partial charge is 0.368 e. The van der Waals surface area contributed by atoms with Gasteiger partial charge in [0.1, 0.15) is 17.6 Å². The quantitative estimate of drug-likeness (QED) is 0.698. The maximum absolute atomic E-state index is 12.8. The molecule has 0 spiro atoms. The van der Waals surface area contributed by atoms with E-state index in [1.165, 1.54) is 5.01 Å². The number of anilines is 2. The fourth-order valence-corrected chi connectivity index (χ4v) is 3.27. The number of primary amides is 1. The van der Waals surface area contributed by atoms with Gasteiger partial charge < -0.3 is 15.6 Å². The van der Waals surface area contributed by atoms with Crippen molar-refractivity contribution < 1.29 is 9.59 Å². The Kier molecular flexibility index (Phi) is 4.82. The van der Waals surface area contributed by atoms with Crippen molar-refractivity contribution in [3.05, 3.63) is 67.0 Å². The van der Waals surface area contributed by atoms with E-state index in [0.717, 1.165) is 11.4 Å². The van der Waals surface area contributed by atoms with Crippen molar-refractivity contribution in [2.24, 2.45) is 17.9 Å². The number of amides is 2. The van der Waals surface area contributed by atoms with Crippen molar-refractivity contribution >= 4 is 28.9 Å². The highest BCUT2D eigenvalue weighted by atomic mass is 16.2. The molecule has 2 aromatic carbocycles. The summed E-state index contributed by atoms with van der Waals surface area (Å²) in [5.41, 5.74) is 7.99. The molecule has 8 nitrogen and oxygen atoms in total. The van der Waals surface area contributed by atoms with Crippen molar-refractivity contribution in [1.29, 1.82) is 0 Å². The number of carbonyl (C=O) groups is 2. The molecule has 0 saturated carbocycles. The summed E-state index contributed by atoms with van der Waals surface area (Å²) in [6, 6.07) is 15.9. The topological polar surface area (TPSA) is 106 Å². The number of carbonyl (C=O) groups excluding carboxylic acids is 2. The minimum absolute atomic E-state index is 0.148. The number of hydrazone groups is 1. The molecule has 29 heavy (non-hydrogen) atoms. The van der Waals surface area contributed by atoms with Gasteiger partial charge in [-0.3, -0.25) is 14.6 Å². The molecule has 0 bridgehead atoms. The van der Waals surface area contributed by atoms with Gasteiger partial charge in [-0.15, -0.1) is 0 Å². The normalized spacial score (nSPS) is 15.8. The van der Waals surface area contributed by atoms with E-state index in [1.54, 1.807) is 12.3 Å². The van der Waals surface area contributed by atoms with E-state index in [9.17, 15) is 9.59 Å². The monoisotopic (exact) mass is 388 g/mol. The van der Waals surface area contributed by atoms with Gasteiger partial charge in [0.25, 0.3) is 5.91 Å². The van der Waals surface area contributed by atoms with Crippen LogP contribution in [0.3, 0.4) is 0 Å². The van der Waals surface area contributed by atoms with E-state index in [0.29, 0.717) is 11.4 Å². The van der Waals surface area contributed by atoms with Gasteiger partial charge in [-0.25, -0.2) is 4.98 Å². The third kappa shape index (κ3) is 3.73. The first-order valence-corrected chi connectivity index (χ1v) is 9.13. The van der Waals surface area contributed by atoms with E-state index in [2.05, 4.69) is 15.4 Å². The first kappa shape index (κ1) is 18.4. The minimum atomic E-state index is -0.697. The predicted octanol–water partition coefficient (Wildman–Crippen LogP) is 2.15. The highest BCUT2D eigenvalue weighted by Gasteiger charge is 2.34. The Bertz CT molecular complexity index is 1090. The third-order valence-corrected chi connectivity index (χ3v) is 4.72. The molecule has 1 aliphatic heterocycles. The van der Waals surface area contributed by atoms with Crippen molar-refractivity contribution in [3.8, 4) is 11.4 Å². The number of rotatable bonds is 5. The van der Waals surface area contributed by atoms with Crippen molar-refractivity contribution in [3.63, 3.8) is 0 Å². The molecule has 0 unspecified atom stereocenters. The van der Waals surface area contributed by atoms with Gasteiger partial charge in [0, 0.05) is 37.1 Å². The van der Waals surface area contributed by atoms with Crippen LogP contribution in [0.4, 0.5) is 11.4 Å². The van der Waals surface area contributed by atoms with Gasteiger partial charge in [-0.2, -0.15) is 5.10 Å². The molecule has 2 heterocycles. The molecule has 2 amide bonds. The zero-order valence-electron chi connectivity index (χ0n) is 15.8. The molecule has 146 valence electrons. The molecule has 0 fully saturated rings. The molecular formula is C21H20N6O2. The summed E-state index contributed by atoms with van der Waals surface area (Å²) in [7, 11) is 1.91. The summed E-state index contributed by atoms with van der Waals surface area (Å²) in [4.78, 5) is 29.0. The first-order valence-electron chi connectivity index (χ1n) is 9.13. The molecule has 1 aromatic heterocycles. The summed E-state index contributed by atoms with van der Waals surface area (Å²) in [6.07, 6.45) is 3.72. The lowest BCUT2D eigenvalue weighted by molar-refractivity contribution is -0.119. The zero-order chi connectivity index (χ0) is 20.4. The van der Waals surface area contributed by atoms with Crippen molar-refractivity contribution in [2.75, 3.05) is 10.3 Å². The second kappa shape index (κ2) is 7.59. The van der Waals surface area contributed by atoms with E-state index in [-0.39, 0.29) is 18.0 Å². The highest BCUT2D eigenvalue weighted by Crippen LogP contribution is 2.25. The van der Waals surface area contributed by atoms with Crippen LogP contribution < -0.4 is 16.1 Å². The Labute approximate surface area is 167 Å². The maximum Gasteiger partial charge on any atom is 0.271 e. The number of imidazole rings is 1. The summed E-state index contributed by atoms with van der Waals surface area (Å²) in [5.74, 6) is -0.104. The SMILES string of the molecule is Cn1ccnc1-c1cccc(NC(=O)C2=NN(c3ccccc3)[C@H](C(N)=O)C2)c1. The number of nitrogens with two attached hydrogens (primary N) is 1. The van der Waals surface area contributed by atoms with Crippen molar-refractivity contribution in [1.82, 2.24) is 9.55 Å². The lowest BCUT2D eigenvalue weighted by Gasteiger charge is -2.20. The average molecular weight is 388 g/mol. The van der Waals surface area contributed by atoms with E-state index >= 15 is 0 Å². The van der Waals surface area contributed by atoms with Crippen LogP contribution in [-0.4, -0.2) is 33.1 Å². The number of hydrogen-bond acceptors (Lipinski definition) is 5. The van der Waals surface area contributed by atoms with Crippen LogP contribution in [0.2, 0.25) is 0 Å². The summed E-state index contributed by atoms with van der Waals surface area (Å²) in [6.45, 7) is 0. The Morgan fingerprint density at radius 1 is 1.14 bits per heavy atom. The number of para-hydroxylation sites is 1. The predicted molar refractivity (Wildman–Crippen MR) is 111 cm³/mol. The molecule has 3 aromatic rings. The summed E-state index contributed by atoms with van der Waals surface area (Å²) >= 11 is 0. The minimum Gasteiger partial charge on any atom is -0.368 e. The Morgan fingerprint density at radius 2 is 1.93 bits per heavy atom. The second-order valence-corrected chi connectivity index (χ2v) is 6.75. The second-order valence-electron chi connectivity index (χ2n) is 6.75. The van der Waals surface area contributed by atoms with Crippen LogP contribution in [0.5, 0.6) is 0 Å².